The van der Waals surface area contributed by atoms with E-state index in [1.54, 1.807) is 18.2 Å². The number of carbonyl (C=O) groups is 2. The standard InChI is InChI=1S/C15H13N3O3/c19-14(20)5-4-11-2-1-3-12(8-11)9-18-15(21)13-10-16-6-7-17-13/h1-8,10H,9H2,(H,18,21)(H,19,20). The number of aromatic nitrogens is 2. The van der Waals surface area contributed by atoms with Crippen molar-refractivity contribution in [1.82, 2.24) is 15.3 Å². The van der Waals surface area contributed by atoms with Gasteiger partial charge in [-0.3, -0.25) is 9.78 Å². The third-order valence-corrected chi connectivity index (χ3v) is 2.62. The van der Waals surface area contributed by atoms with E-state index >= 15 is 0 Å². The maximum absolute atomic E-state index is 11.8. The lowest BCUT2D eigenvalue weighted by Gasteiger charge is -2.05. The predicted octanol–water partition coefficient (Wildman–Crippen LogP) is 1.50. The first-order valence-corrected chi connectivity index (χ1v) is 6.19. The van der Waals surface area contributed by atoms with E-state index in [0.717, 1.165) is 17.2 Å². The third kappa shape index (κ3) is 4.54. The third-order valence-electron chi connectivity index (χ3n) is 2.62. The molecule has 0 aliphatic heterocycles. The second kappa shape index (κ2) is 6.95. The first-order valence-electron chi connectivity index (χ1n) is 6.19. The summed E-state index contributed by atoms with van der Waals surface area (Å²) in [6.07, 6.45) is 6.90. The van der Waals surface area contributed by atoms with E-state index in [4.69, 9.17) is 5.11 Å². The second-order valence-corrected chi connectivity index (χ2v) is 4.19. The largest absolute Gasteiger partial charge is 0.478 e. The van der Waals surface area contributed by atoms with E-state index < -0.39 is 5.97 Å². The molecule has 1 aromatic heterocycles. The number of benzene rings is 1. The smallest absolute Gasteiger partial charge is 0.328 e. The Balaban J connectivity index is 1.99. The molecule has 0 atom stereocenters. The summed E-state index contributed by atoms with van der Waals surface area (Å²) in [7, 11) is 0. The molecular weight excluding hydrogens is 270 g/mol. The first-order chi connectivity index (χ1) is 10.1. The predicted molar refractivity (Wildman–Crippen MR) is 76.3 cm³/mol. The van der Waals surface area contributed by atoms with Gasteiger partial charge in [0.15, 0.2) is 0 Å². The van der Waals surface area contributed by atoms with Crippen molar-refractivity contribution >= 4 is 18.0 Å². The van der Waals surface area contributed by atoms with Crippen LogP contribution in [0.2, 0.25) is 0 Å². The highest BCUT2D eigenvalue weighted by Crippen LogP contribution is 2.07. The molecule has 0 saturated carbocycles. The molecule has 6 nitrogen and oxygen atoms in total. The summed E-state index contributed by atoms with van der Waals surface area (Å²) in [4.78, 5) is 30.0. The number of carbonyl (C=O) groups excluding carboxylic acids is 1. The number of aliphatic carboxylic acids is 1. The van der Waals surface area contributed by atoms with Crippen molar-refractivity contribution in [3.05, 3.63) is 65.8 Å². The van der Waals surface area contributed by atoms with Crippen molar-refractivity contribution in [2.24, 2.45) is 0 Å². The summed E-state index contributed by atoms with van der Waals surface area (Å²) in [5, 5.41) is 11.3. The summed E-state index contributed by atoms with van der Waals surface area (Å²) >= 11 is 0. The number of nitrogens with zero attached hydrogens (tertiary/aromatic N) is 2. The number of nitrogens with one attached hydrogen (secondary N) is 1. The Morgan fingerprint density at radius 2 is 2.14 bits per heavy atom. The molecule has 0 aliphatic rings. The van der Waals surface area contributed by atoms with Gasteiger partial charge in [0, 0.05) is 25.0 Å². The zero-order valence-corrected chi connectivity index (χ0v) is 11.1. The SMILES string of the molecule is O=C(O)C=Cc1cccc(CNC(=O)c2cnccn2)c1. The van der Waals surface area contributed by atoms with E-state index in [0.29, 0.717) is 6.54 Å². The van der Waals surface area contributed by atoms with Gasteiger partial charge in [0.05, 0.1) is 6.20 Å². The molecule has 1 amide bonds. The van der Waals surface area contributed by atoms with Crippen LogP contribution in [0.4, 0.5) is 0 Å². The molecule has 106 valence electrons. The summed E-state index contributed by atoms with van der Waals surface area (Å²) < 4.78 is 0. The van der Waals surface area contributed by atoms with Crippen LogP contribution in [-0.4, -0.2) is 27.0 Å². The number of carboxylic acids is 1. The highest BCUT2D eigenvalue weighted by atomic mass is 16.4. The zero-order valence-electron chi connectivity index (χ0n) is 11.1. The normalized spacial score (nSPS) is 10.5. The molecule has 0 fully saturated rings. The minimum absolute atomic E-state index is 0.249. The van der Waals surface area contributed by atoms with Crippen LogP contribution in [0, 0.1) is 0 Å². The van der Waals surface area contributed by atoms with Gasteiger partial charge in [-0.05, 0) is 23.3 Å². The molecule has 0 bridgehead atoms. The summed E-state index contributed by atoms with van der Waals surface area (Å²) in [5.41, 5.74) is 1.86. The van der Waals surface area contributed by atoms with Crippen LogP contribution >= 0.6 is 0 Å². The highest BCUT2D eigenvalue weighted by molar-refractivity contribution is 5.91. The van der Waals surface area contributed by atoms with Gasteiger partial charge in [-0.25, -0.2) is 9.78 Å². The van der Waals surface area contributed by atoms with Crippen LogP contribution in [-0.2, 0) is 11.3 Å². The summed E-state index contributed by atoms with van der Waals surface area (Å²) in [6, 6.07) is 7.23. The molecule has 0 radical (unpaired) electrons. The molecule has 1 heterocycles. The molecule has 2 rings (SSSR count). The number of hydrogen-bond donors (Lipinski definition) is 2. The Morgan fingerprint density at radius 3 is 2.86 bits per heavy atom. The summed E-state index contributed by atoms with van der Waals surface area (Å²) in [6.45, 7) is 0.324. The van der Waals surface area contributed by atoms with E-state index in [2.05, 4.69) is 15.3 Å². The van der Waals surface area contributed by atoms with Crippen molar-refractivity contribution in [3.63, 3.8) is 0 Å². The Bertz CT molecular complexity index is 669. The van der Waals surface area contributed by atoms with Gasteiger partial charge in [0.25, 0.3) is 5.91 Å². The molecular formula is C15H13N3O3. The van der Waals surface area contributed by atoms with Crippen LogP contribution in [0.3, 0.4) is 0 Å². The van der Waals surface area contributed by atoms with Gasteiger partial charge in [0.1, 0.15) is 5.69 Å². The van der Waals surface area contributed by atoms with E-state index in [-0.39, 0.29) is 11.6 Å². The average Bonchev–Trinajstić information content (AvgIpc) is 2.52. The minimum atomic E-state index is -1.00. The number of amides is 1. The maximum atomic E-state index is 11.8. The molecule has 2 aromatic rings. The number of hydrogen-bond acceptors (Lipinski definition) is 4. The molecule has 2 N–H and O–H groups in total. The Hall–Kier alpha value is -3.02. The fraction of sp³-hybridized carbons (Fsp3) is 0.0667. The second-order valence-electron chi connectivity index (χ2n) is 4.19. The molecule has 0 saturated heterocycles. The van der Waals surface area contributed by atoms with Crippen molar-refractivity contribution in [2.75, 3.05) is 0 Å². The monoisotopic (exact) mass is 283 g/mol. The average molecular weight is 283 g/mol. The van der Waals surface area contributed by atoms with Gasteiger partial charge in [0.2, 0.25) is 0 Å². The first kappa shape index (κ1) is 14.4. The number of carboxylic acid groups (broad SMARTS) is 1. The Labute approximate surface area is 121 Å². The minimum Gasteiger partial charge on any atom is -0.478 e. The Kier molecular flexibility index (Phi) is 4.76. The van der Waals surface area contributed by atoms with Gasteiger partial charge in [-0.15, -0.1) is 0 Å². The van der Waals surface area contributed by atoms with E-state index in [9.17, 15) is 9.59 Å². The topological polar surface area (TPSA) is 92.2 Å². The number of rotatable bonds is 5. The van der Waals surface area contributed by atoms with Crippen LogP contribution in [0.15, 0.2) is 48.9 Å². The molecule has 21 heavy (non-hydrogen) atoms. The van der Waals surface area contributed by atoms with Crippen LogP contribution < -0.4 is 5.32 Å². The van der Waals surface area contributed by atoms with Crippen molar-refractivity contribution in [3.8, 4) is 0 Å². The fourth-order valence-corrected chi connectivity index (χ4v) is 1.66. The van der Waals surface area contributed by atoms with E-state index in [1.165, 1.54) is 24.7 Å². The van der Waals surface area contributed by atoms with Crippen LogP contribution in [0.5, 0.6) is 0 Å². The van der Waals surface area contributed by atoms with Gasteiger partial charge in [-0.2, -0.15) is 0 Å². The van der Waals surface area contributed by atoms with Gasteiger partial charge < -0.3 is 10.4 Å². The zero-order chi connectivity index (χ0) is 15.1. The van der Waals surface area contributed by atoms with Crippen molar-refractivity contribution < 1.29 is 14.7 Å². The molecule has 0 spiro atoms. The quantitative estimate of drug-likeness (QED) is 0.811. The lowest BCUT2D eigenvalue weighted by Crippen LogP contribution is -2.23. The highest BCUT2D eigenvalue weighted by Gasteiger charge is 2.06. The molecule has 0 unspecified atom stereocenters. The summed E-state index contributed by atoms with van der Waals surface area (Å²) in [5.74, 6) is -1.31. The fourth-order valence-electron chi connectivity index (χ4n) is 1.66. The van der Waals surface area contributed by atoms with Gasteiger partial charge >= 0.3 is 5.97 Å². The van der Waals surface area contributed by atoms with Crippen LogP contribution in [0.1, 0.15) is 21.6 Å². The maximum Gasteiger partial charge on any atom is 0.328 e. The lowest BCUT2D eigenvalue weighted by atomic mass is 10.1. The van der Waals surface area contributed by atoms with Crippen molar-refractivity contribution in [2.45, 2.75) is 6.54 Å². The molecule has 1 aromatic carbocycles. The molecule has 0 aliphatic carbocycles. The van der Waals surface area contributed by atoms with Crippen molar-refractivity contribution in [1.29, 1.82) is 0 Å². The van der Waals surface area contributed by atoms with Gasteiger partial charge in [-0.1, -0.05) is 18.2 Å². The lowest BCUT2D eigenvalue weighted by molar-refractivity contribution is -0.131. The molecule has 6 heteroatoms. The van der Waals surface area contributed by atoms with E-state index in [1.807, 2.05) is 6.07 Å². The Morgan fingerprint density at radius 1 is 1.29 bits per heavy atom. The van der Waals surface area contributed by atoms with Crippen LogP contribution in [0.25, 0.3) is 6.08 Å².